The Kier molecular flexibility index (Phi) is 6.22. The van der Waals surface area contributed by atoms with Gasteiger partial charge in [0.2, 0.25) is 0 Å². The first-order chi connectivity index (χ1) is 10.1. The van der Waals surface area contributed by atoms with Crippen molar-refractivity contribution in [3.63, 3.8) is 0 Å². The van der Waals surface area contributed by atoms with Crippen LogP contribution in [0.15, 0.2) is 18.2 Å². The molecule has 0 spiro atoms. The summed E-state index contributed by atoms with van der Waals surface area (Å²) in [4.78, 5) is 5.04. The Hall–Kier alpha value is -0.900. The molecule has 0 amide bonds. The molecule has 1 fully saturated rings. The van der Waals surface area contributed by atoms with Crippen molar-refractivity contribution in [2.75, 3.05) is 46.8 Å². The van der Waals surface area contributed by atoms with Crippen LogP contribution in [0.2, 0.25) is 0 Å². The van der Waals surface area contributed by atoms with Crippen molar-refractivity contribution < 1.29 is 0 Å². The Morgan fingerprint density at radius 3 is 2.57 bits per heavy atom. The summed E-state index contributed by atoms with van der Waals surface area (Å²) in [5, 5.41) is 3.48. The van der Waals surface area contributed by atoms with Crippen molar-refractivity contribution >= 4 is 0 Å². The van der Waals surface area contributed by atoms with Crippen molar-refractivity contribution in [1.29, 1.82) is 0 Å². The van der Waals surface area contributed by atoms with Gasteiger partial charge in [0.25, 0.3) is 0 Å². The Bertz CT molecular complexity index is 438. The van der Waals surface area contributed by atoms with E-state index in [-0.39, 0.29) is 0 Å². The van der Waals surface area contributed by atoms with Gasteiger partial charge in [-0.2, -0.15) is 0 Å². The first-order valence-electron chi connectivity index (χ1n) is 8.25. The van der Waals surface area contributed by atoms with E-state index in [0.717, 1.165) is 13.1 Å². The molecule has 3 nitrogen and oxygen atoms in total. The summed E-state index contributed by atoms with van der Waals surface area (Å²) >= 11 is 0. The second kappa shape index (κ2) is 7.92. The Balaban J connectivity index is 1.88. The van der Waals surface area contributed by atoms with Crippen LogP contribution < -0.4 is 5.32 Å². The number of rotatable bonds is 7. The fourth-order valence-corrected chi connectivity index (χ4v) is 3.28. The van der Waals surface area contributed by atoms with Crippen molar-refractivity contribution in [1.82, 2.24) is 15.1 Å². The monoisotopic (exact) mass is 289 g/mol. The van der Waals surface area contributed by atoms with Crippen LogP contribution in [-0.2, 0) is 0 Å². The molecular weight excluding hydrogens is 258 g/mol. The Morgan fingerprint density at radius 2 is 1.95 bits per heavy atom. The minimum atomic E-state index is 0.411. The SMILES string of the molecule is CNC(CN(C)CCN1CCCC1)c1ccc(C)cc1C. The molecule has 21 heavy (non-hydrogen) atoms. The zero-order valence-electron chi connectivity index (χ0n) is 14.2. The normalized spacial score (nSPS) is 17.6. The van der Waals surface area contributed by atoms with Crippen LogP contribution in [0.5, 0.6) is 0 Å². The number of likely N-dealkylation sites (N-methyl/N-ethyl adjacent to an activating group) is 2. The van der Waals surface area contributed by atoms with Gasteiger partial charge in [0.15, 0.2) is 0 Å². The number of nitrogens with zero attached hydrogens (tertiary/aromatic N) is 2. The van der Waals surface area contributed by atoms with Gasteiger partial charge in [-0.15, -0.1) is 0 Å². The van der Waals surface area contributed by atoms with Gasteiger partial charge >= 0.3 is 0 Å². The molecule has 0 aliphatic carbocycles. The van der Waals surface area contributed by atoms with Crippen molar-refractivity contribution in [3.05, 3.63) is 34.9 Å². The maximum absolute atomic E-state index is 3.48. The van der Waals surface area contributed by atoms with Gasteiger partial charge in [-0.1, -0.05) is 23.8 Å². The molecule has 0 saturated carbocycles. The summed E-state index contributed by atoms with van der Waals surface area (Å²) in [7, 11) is 4.31. The molecule has 2 rings (SSSR count). The standard InChI is InChI=1S/C18H31N3/c1-15-7-8-17(16(2)13-15)18(19-3)14-20(4)11-12-21-9-5-6-10-21/h7-8,13,18-19H,5-6,9-12,14H2,1-4H3. The van der Waals surface area contributed by atoms with Gasteiger partial charge in [0.05, 0.1) is 0 Å². The lowest BCUT2D eigenvalue weighted by molar-refractivity contribution is 0.241. The van der Waals surface area contributed by atoms with E-state index in [4.69, 9.17) is 0 Å². The van der Waals surface area contributed by atoms with Crippen molar-refractivity contribution in [2.45, 2.75) is 32.7 Å². The fourth-order valence-electron chi connectivity index (χ4n) is 3.28. The van der Waals surface area contributed by atoms with Crippen LogP contribution in [0.3, 0.4) is 0 Å². The topological polar surface area (TPSA) is 18.5 Å². The smallest absolute Gasteiger partial charge is 0.0449 e. The third kappa shape index (κ3) is 4.80. The van der Waals surface area contributed by atoms with Gasteiger partial charge in [-0.3, -0.25) is 0 Å². The van der Waals surface area contributed by atoms with Gasteiger partial charge in [0.1, 0.15) is 0 Å². The maximum atomic E-state index is 3.48. The van der Waals surface area contributed by atoms with Crippen LogP contribution in [0.25, 0.3) is 0 Å². The van der Waals surface area contributed by atoms with E-state index in [1.807, 2.05) is 0 Å². The first kappa shape index (κ1) is 16.5. The number of nitrogens with one attached hydrogen (secondary N) is 1. The molecule has 0 radical (unpaired) electrons. The second-order valence-corrected chi connectivity index (χ2v) is 6.51. The number of hydrogen-bond acceptors (Lipinski definition) is 3. The molecule has 1 N–H and O–H groups in total. The third-order valence-corrected chi connectivity index (χ3v) is 4.64. The summed E-state index contributed by atoms with van der Waals surface area (Å²) in [6.07, 6.45) is 2.76. The van der Waals surface area contributed by atoms with E-state index in [0.29, 0.717) is 6.04 Å². The highest BCUT2D eigenvalue weighted by Crippen LogP contribution is 2.19. The van der Waals surface area contributed by atoms with Gasteiger partial charge in [-0.05, 0) is 65.0 Å². The predicted molar refractivity (Wildman–Crippen MR) is 90.9 cm³/mol. The van der Waals surface area contributed by atoms with Crippen molar-refractivity contribution in [2.24, 2.45) is 0 Å². The number of hydrogen-bond donors (Lipinski definition) is 1. The van der Waals surface area contributed by atoms with E-state index in [1.165, 1.54) is 49.2 Å². The predicted octanol–water partition coefficient (Wildman–Crippen LogP) is 2.59. The zero-order chi connectivity index (χ0) is 15.2. The lowest BCUT2D eigenvalue weighted by atomic mass is 9.99. The van der Waals surface area contributed by atoms with E-state index >= 15 is 0 Å². The van der Waals surface area contributed by atoms with Crippen LogP contribution in [0.4, 0.5) is 0 Å². The Morgan fingerprint density at radius 1 is 1.24 bits per heavy atom. The lowest BCUT2D eigenvalue weighted by Crippen LogP contribution is -2.36. The van der Waals surface area contributed by atoms with E-state index in [9.17, 15) is 0 Å². The van der Waals surface area contributed by atoms with E-state index in [1.54, 1.807) is 0 Å². The number of benzene rings is 1. The molecule has 1 heterocycles. The maximum Gasteiger partial charge on any atom is 0.0449 e. The van der Waals surface area contributed by atoms with Crippen LogP contribution >= 0.6 is 0 Å². The average molecular weight is 289 g/mol. The summed E-state index contributed by atoms with van der Waals surface area (Å²) < 4.78 is 0. The highest BCUT2D eigenvalue weighted by Gasteiger charge is 2.16. The minimum Gasteiger partial charge on any atom is -0.312 e. The quantitative estimate of drug-likeness (QED) is 0.832. The van der Waals surface area contributed by atoms with Crippen LogP contribution in [0.1, 0.15) is 35.6 Å². The molecule has 1 aliphatic rings. The van der Waals surface area contributed by atoms with Crippen LogP contribution in [-0.4, -0.2) is 56.6 Å². The molecule has 1 aromatic carbocycles. The Labute approximate surface area is 130 Å². The molecule has 1 aromatic rings. The molecule has 1 atom stereocenters. The second-order valence-electron chi connectivity index (χ2n) is 6.51. The molecule has 1 saturated heterocycles. The molecule has 1 aliphatic heterocycles. The summed E-state index contributed by atoms with van der Waals surface area (Å²) in [5.74, 6) is 0. The van der Waals surface area contributed by atoms with Gasteiger partial charge in [-0.25, -0.2) is 0 Å². The fraction of sp³-hybridized carbons (Fsp3) is 0.667. The van der Waals surface area contributed by atoms with Crippen molar-refractivity contribution in [3.8, 4) is 0 Å². The average Bonchev–Trinajstić information content (AvgIpc) is 2.96. The largest absolute Gasteiger partial charge is 0.312 e. The third-order valence-electron chi connectivity index (χ3n) is 4.64. The highest BCUT2D eigenvalue weighted by atomic mass is 15.2. The molecule has 3 heteroatoms. The first-order valence-corrected chi connectivity index (χ1v) is 8.25. The number of aryl methyl sites for hydroxylation is 2. The molecule has 118 valence electrons. The summed E-state index contributed by atoms with van der Waals surface area (Å²) in [6.45, 7) is 10.4. The van der Waals surface area contributed by atoms with Gasteiger partial charge in [0, 0.05) is 25.7 Å². The van der Waals surface area contributed by atoms with E-state index < -0.39 is 0 Å². The summed E-state index contributed by atoms with van der Waals surface area (Å²) in [6, 6.07) is 7.19. The molecule has 0 bridgehead atoms. The van der Waals surface area contributed by atoms with E-state index in [2.05, 4.69) is 61.3 Å². The van der Waals surface area contributed by atoms with Crippen LogP contribution in [0, 0.1) is 13.8 Å². The summed E-state index contributed by atoms with van der Waals surface area (Å²) in [5.41, 5.74) is 4.16. The minimum absolute atomic E-state index is 0.411. The zero-order valence-corrected chi connectivity index (χ0v) is 14.2. The molecule has 1 unspecified atom stereocenters. The van der Waals surface area contributed by atoms with Gasteiger partial charge < -0.3 is 15.1 Å². The molecular formula is C18H31N3. The number of likely N-dealkylation sites (tertiary alicyclic amines) is 1. The highest BCUT2D eigenvalue weighted by molar-refractivity contribution is 5.33. The lowest BCUT2D eigenvalue weighted by Gasteiger charge is -2.27. The molecule has 0 aromatic heterocycles.